The van der Waals surface area contributed by atoms with E-state index in [1.807, 2.05) is 34.6 Å². The zero-order valence-electron chi connectivity index (χ0n) is 11.3. The summed E-state index contributed by atoms with van der Waals surface area (Å²) in [5, 5.41) is 0.410. The minimum atomic E-state index is -0.689. The molecule has 1 aliphatic heterocycles. The van der Waals surface area contributed by atoms with Crippen LogP contribution >= 0.6 is 11.6 Å². The Balaban J connectivity index is 2.38. The molecular formula is C13H17BClFO2. The maximum absolute atomic E-state index is 13.9. The SMILES string of the molecule is Cc1cc(B2OC(C)(C)C(C)(C)O2)c(F)cc1Cl. The van der Waals surface area contributed by atoms with E-state index in [0.717, 1.165) is 5.56 Å². The summed E-state index contributed by atoms with van der Waals surface area (Å²) in [6, 6.07) is 2.98. The van der Waals surface area contributed by atoms with Crippen LogP contribution < -0.4 is 5.46 Å². The van der Waals surface area contributed by atoms with Gasteiger partial charge in [0.2, 0.25) is 0 Å². The Labute approximate surface area is 113 Å². The Kier molecular flexibility index (Phi) is 3.25. The van der Waals surface area contributed by atoms with Crippen LogP contribution in [0.1, 0.15) is 33.3 Å². The Bertz CT molecular complexity index is 472. The molecule has 1 fully saturated rings. The molecule has 1 saturated heterocycles. The molecule has 0 spiro atoms. The molecule has 0 aromatic heterocycles. The van der Waals surface area contributed by atoms with Gasteiger partial charge < -0.3 is 9.31 Å². The van der Waals surface area contributed by atoms with Crippen LogP contribution in [0.25, 0.3) is 0 Å². The van der Waals surface area contributed by atoms with E-state index in [1.165, 1.54) is 6.07 Å². The summed E-state index contributed by atoms with van der Waals surface area (Å²) in [5.41, 5.74) is 0.258. The van der Waals surface area contributed by atoms with E-state index in [9.17, 15) is 4.39 Å². The molecule has 0 saturated carbocycles. The predicted octanol–water partition coefficient (Wildman–Crippen LogP) is 3.09. The normalized spacial score (nSPS) is 21.4. The third-order valence-corrected chi connectivity index (χ3v) is 4.19. The van der Waals surface area contributed by atoms with Gasteiger partial charge in [-0.3, -0.25) is 0 Å². The number of rotatable bonds is 1. The van der Waals surface area contributed by atoms with Crippen molar-refractivity contribution in [2.24, 2.45) is 0 Å². The summed E-state index contributed by atoms with van der Waals surface area (Å²) in [6.45, 7) is 9.58. The quantitative estimate of drug-likeness (QED) is 0.730. The van der Waals surface area contributed by atoms with Gasteiger partial charge in [0.15, 0.2) is 0 Å². The Hall–Kier alpha value is -0.575. The topological polar surface area (TPSA) is 18.5 Å². The maximum atomic E-state index is 13.9. The molecule has 0 N–H and O–H groups in total. The lowest BCUT2D eigenvalue weighted by atomic mass is 9.78. The summed E-state index contributed by atoms with van der Waals surface area (Å²) in [5.74, 6) is -0.399. The average Bonchev–Trinajstić information content (AvgIpc) is 2.42. The van der Waals surface area contributed by atoms with E-state index in [1.54, 1.807) is 6.07 Å². The van der Waals surface area contributed by atoms with Crippen molar-refractivity contribution < 1.29 is 13.7 Å². The lowest BCUT2D eigenvalue weighted by molar-refractivity contribution is 0.00578. The fraction of sp³-hybridized carbons (Fsp3) is 0.538. The lowest BCUT2D eigenvalue weighted by Crippen LogP contribution is -2.41. The predicted molar refractivity (Wildman–Crippen MR) is 71.9 cm³/mol. The van der Waals surface area contributed by atoms with E-state index in [-0.39, 0.29) is 0 Å². The Morgan fingerprint density at radius 2 is 1.61 bits per heavy atom. The van der Waals surface area contributed by atoms with Crippen molar-refractivity contribution in [2.75, 3.05) is 0 Å². The minimum absolute atomic E-state index is 0.399. The van der Waals surface area contributed by atoms with Crippen LogP contribution in [0, 0.1) is 12.7 Å². The molecule has 18 heavy (non-hydrogen) atoms. The first-order valence-corrected chi connectivity index (χ1v) is 6.33. The second-order valence-corrected chi connectivity index (χ2v) is 6.12. The third-order valence-electron chi connectivity index (χ3n) is 3.79. The first-order chi connectivity index (χ1) is 8.14. The molecule has 98 valence electrons. The van der Waals surface area contributed by atoms with Gasteiger partial charge in [-0.2, -0.15) is 0 Å². The average molecular weight is 271 g/mol. The molecule has 2 rings (SSSR count). The second kappa shape index (κ2) is 4.22. The highest BCUT2D eigenvalue weighted by atomic mass is 35.5. The molecule has 1 heterocycles. The van der Waals surface area contributed by atoms with E-state index in [4.69, 9.17) is 20.9 Å². The van der Waals surface area contributed by atoms with E-state index < -0.39 is 24.1 Å². The largest absolute Gasteiger partial charge is 0.497 e. The Morgan fingerprint density at radius 1 is 1.11 bits per heavy atom. The summed E-state index contributed by atoms with van der Waals surface area (Å²) in [4.78, 5) is 0. The molecule has 5 heteroatoms. The molecule has 2 nitrogen and oxygen atoms in total. The van der Waals surface area contributed by atoms with Crippen molar-refractivity contribution in [1.29, 1.82) is 0 Å². The van der Waals surface area contributed by atoms with Crippen molar-refractivity contribution in [3.63, 3.8) is 0 Å². The number of benzene rings is 1. The van der Waals surface area contributed by atoms with Crippen LogP contribution in [-0.2, 0) is 9.31 Å². The smallest absolute Gasteiger partial charge is 0.399 e. The highest BCUT2D eigenvalue weighted by Gasteiger charge is 2.52. The van der Waals surface area contributed by atoms with Crippen molar-refractivity contribution in [1.82, 2.24) is 0 Å². The van der Waals surface area contributed by atoms with Gasteiger partial charge in [-0.05, 0) is 46.2 Å². The van der Waals surface area contributed by atoms with E-state index >= 15 is 0 Å². The Morgan fingerprint density at radius 3 is 2.11 bits per heavy atom. The highest BCUT2D eigenvalue weighted by Crippen LogP contribution is 2.36. The van der Waals surface area contributed by atoms with Crippen molar-refractivity contribution in [3.8, 4) is 0 Å². The third kappa shape index (κ3) is 2.17. The van der Waals surface area contributed by atoms with Crippen LogP contribution in [0.15, 0.2) is 12.1 Å². The van der Waals surface area contributed by atoms with Gasteiger partial charge in [-0.15, -0.1) is 0 Å². The van der Waals surface area contributed by atoms with Gasteiger partial charge in [0.05, 0.1) is 11.2 Å². The first kappa shape index (κ1) is 13.8. The monoisotopic (exact) mass is 270 g/mol. The second-order valence-electron chi connectivity index (χ2n) is 5.71. The minimum Gasteiger partial charge on any atom is -0.399 e. The van der Waals surface area contributed by atoms with Crippen LogP contribution in [0.4, 0.5) is 4.39 Å². The summed E-state index contributed by atoms with van der Waals surface area (Å²) in [6.07, 6.45) is 0. The van der Waals surface area contributed by atoms with Crippen LogP contribution in [0.5, 0.6) is 0 Å². The van der Waals surface area contributed by atoms with Gasteiger partial charge in [0, 0.05) is 10.5 Å². The van der Waals surface area contributed by atoms with Crippen LogP contribution in [0.2, 0.25) is 5.02 Å². The molecule has 0 amide bonds. The summed E-state index contributed by atoms with van der Waals surface area (Å²) in [7, 11) is -0.689. The number of hydrogen-bond donors (Lipinski definition) is 0. The highest BCUT2D eigenvalue weighted by molar-refractivity contribution is 6.62. The van der Waals surface area contributed by atoms with Gasteiger partial charge >= 0.3 is 7.12 Å². The van der Waals surface area contributed by atoms with Crippen LogP contribution in [-0.4, -0.2) is 18.3 Å². The molecule has 0 radical (unpaired) electrons. The molecule has 0 atom stereocenters. The van der Waals surface area contributed by atoms with E-state index in [0.29, 0.717) is 10.5 Å². The number of aryl methyl sites for hydroxylation is 1. The molecule has 1 aromatic rings. The number of hydrogen-bond acceptors (Lipinski definition) is 2. The zero-order chi connectivity index (χ0) is 13.7. The van der Waals surface area contributed by atoms with Gasteiger partial charge in [0.1, 0.15) is 5.82 Å². The van der Waals surface area contributed by atoms with Gasteiger partial charge in [0.25, 0.3) is 0 Å². The van der Waals surface area contributed by atoms with Gasteiger partial charge in [-0.25, -0.2) is 4.39 Å². The van der Waals surface area contributed by atoms with E-state index in [2.05, 4.69) is 0 Å². The standard InChI is InChI=1S/C13H17BClFO2/c1-8-6-9(11(16)7-10(8)15)14-17-12(2,3)13(4,5)18-14/h6-7H,1-5H3. The lowest BCUT2D eigenvalue weighted by Gasteiger charge is -2.32. The summed E-state index contributed by atoms with van der Waals surface area (Å²) < 4.78 is 25.6. The molecule has 0 unspecified atom stereocenters. The fourth-order valence-electron chi connectivity index (χ4n) is 1.83. The van der Waals surface area contributed by atoms with Crippen molar-refractivity contribution in [3.05, 3.63) is 28.5 Å². The summed E-state index contributed by atoms with van der Waals surface area (Å²) >= 11 is 5.88. The van der Waals surface area contributed by atoms with Gasteiger partial charge in [-0.1, -0.05) is 17.7 Å². The zero-order valence-corrected chi connectivity index (χ0v) is 12.1. The molecule has 1 aliphatic rings. The first-order valence-electron chi connectivity index (χ1n) is 5.95. The van der Waals surface area contributed by atoms with Crippen molar-refractivity contribution in [2.45, 2.75) is 45.8 Å². The molecular weight excluding hydrogens is 253 g/mol. The fourth-order valence-corrected chi connectivity index (χ4v) is 1.98. The number of halogens is 2. The molecule has 0 aliphatic carbocycles. The molecule has 0 bridgehead atoms. The molecule has 1 aromatic carbocycles. The van der Waals surface area contributed by atoms with Crippen molar-refractivity contribution >= 4 is 24.2 Å². The maximum Gasteiger partial charge on any atom is 0.497 e. The van der Waals surface area contributed by atoms with Crippen LogP contribution in [0.3, 0.4) is 0 Å².